The average Bonchev–Trinajstić information content (AvgIpc) is 2.92. The number of methoxy groups -OCH3 is 2. The van der Waals surface area contributed by atoms with Crippen LogP contribution in [0.15, 0.2) is 72.3 Å². The lowest BCUT2D eigenvalue weighted by Crippen LogP contribution is -2.13. The first-order valence-corrected chi connectivity index (χ1v) is 11.1. The number of nitriles is 1. The molecule has 3 aromatic carbocycles. The van der Waals surface area contributed by atoms with Crippen molar-refractivity contribution in [1.82, 2.24) is 0 Å². The molecule has 3 aromatic rings. The molecule has 0 atom stereocenters. The summed E-state index contributed by atoms with van der Waals surface area (Å²) in [7, 11) is 2.94. The summed E-state index contributed by atoms with van der Waals surface area (Å²) in [6, 6.07) is 19.0. The van der Waals surface area contributed by atoms with Crippen LogP contribution in [-0.2, 0) is 9.53 Å². The van der Waals surface area contributed by atoms with E-state index in [1.54, 1.807) is 37.3 Å². The van der Waals surface area contributed by atoms with E-state index in [2.05, 4.69) is 5.32 Å². The average molecular weight is 501 g/mol. The number of ether oxygens (including phenoxy) is 4. The molecule has 9 heteroatoms. The quantitative estimate of drug-likeness (QED) is 0.195. The summed E-state index contributed by atoms with van der Waals surface area (Å²) >= 11 is 0. The van der Waals surface area contributed by atoms with E-state index in [9.17, 15) is 19.6 Å². The topological polar surface area (TPSA) is 124 Å². The minimum Gasteiger partial charge on any atom is -0.497 e. The van der Waals surface area contributed by atoms with Gasteiger partial charge in [-0.3, -0.25) is 4.79 Å². The van der Waals surface area contributed by atoms with Crippen LogP contribution in [0.25, 0.3) is 6.08 Å². The van der Waals surface area contributed by atoms with Gasteiger partial charge < -0.3 is 24.3 Å². The van der Waals surface area contributed by atoms with Gasteiger partial charge in [0.15, 0.2) is 11.5 Å². The van der Waals surface area contributed by atoms with Gasteiger partial charge in [0.2, 0.25) is 0 Å². The van der Waals surface area contributed by atoms with E-state index in [1.807, 2.05) is 6.07 Å². The highest BCUT2D eigenvalue weighted by Crippen LogP contribution is 2.30. The third-order valence-corrected chi connectivity index (χ3v) is 5.05. The number of hydrogen-bond acceptors (Lipinski definition) is 8. The Labute approximate surface area is 213 Å². The molecule has 1 N–H and O–H groups in total. The standard InChI is InChI=1S/C28H24N2O7/c1-4-36-27(32)19-6-10-22(11-7-19)30-26(31)21(17-29)15-18-5-14-24(25(16-18)35-3)37-28(33)20-8-12-23(34-2)13-9-20/h5-16H,4H2,1-3H3,(H,30,31)/b21-15+. The van der Waals surface area contributed by atoms with Crippen LogP contribution in [0.1, 0.15) is 33.2 Å². The number of amides is 1. The Morgan fingerprint density at radius 3 is 2.11 bits per heavy atom. The second-order valence-electron chi connectivity index (χ2n) is 7.45. The molecule has 0 aliphatic carbocycles. The second-order valence-corrected chi connectivity index (χ2v) is 7.45. The lowest BCUT2D eigenvalue weighted by molar-refractivity contribution is -0.112. The third-order valence-electron chi connectivity index (χ3n) is 5.05. The first-order valence-electron chi connectivity index (χ1n) is 11.1. The highest BCUT2D eigenvalue weighted by atomic mass is 16.6. The fourth-order valence-electron chi connectivity index (χ4n) is 3.16. The predicted molar refractivity (Wildman–Crippen MR) is 136 cm³/mol. The number of nitrogens with one attached hydrogen (secondary N) is 1. The molecule has 188 valence electrons. The number of carbonyl (C=O) groups excluding carboxylic acids is 3. The summed E-state index contributed by atoms with van der Waals surface area (Å²) < 4.78 is 20.8. The van der Waals surface area contributed by atoms with Gasteiger partial charge in [-0.05, 0) is 79.2 Å². The molecule has 0 radical (unpaired) electrons. The molecule has 3 rings (SSSR count). The smallest absolute Gasteiger partial charge is 0.343 e. The Bertz CT molecular complexity index is 1350. The van der Waals surface area contributed by atoms with Gasteiger partial charge in [-0.15, -0.1) is 0 Å². The Morgan fingerprint density at radius 2 is 1.51 bits per heavy atom. The third kappa shape index (κ3) is 6.96. The predicted octanol–water partition coefficient (Wildman–Crippen LogP) is 4.65. The Hall–Kier alpha value is -5.10. The van der Waals surface area contributed by atoms with E-state index in [1.165, 1.54) is 56.7 Å². The first kappa shape index (κ1) is 26.5. The van der Waals surface area contributed by atoms with Gasteiger partial charge in [0.25, 0.3) is 5.91 Å². The van der Waals surface area contributed by atoms with Gasteiger partial charge in [0, 0.05) is 5.69 Å². The largest absolute Gasteiger partial charge is 0.497 e. The maximum Gasteiger partial charge on any atom is 0.343 e. The number of nitrogens with zero attached hydrogens (tertiary/aromatic N) is 1. The zero-order valence-corrected chi connectivity index (χ0v) is 20.4. The molecule has 9 nitrogen and oxygen atoms in total. The Balaban J connectivity index is 1.73. The summed E-state index contributed by atoms with van der Waals surface area (Å²) in [5.41, 5.74) is 1.38. The van der Waals surface area contributed by atoms with Crippen LogP contribution < -0.4 is 19.5 Å². The lowest BCUT2D eigenvalue weighted by Gasteiger charge is -2.11. The molecule has 0 aromatic heterocycles. The van der Waals surface area contributed by atoms with Gasteiger partial charge in [0.1, 0.15) is 17.4 Å². The van der Waals surface area contributed by atoms with E-state index in [4.69, 9.17) is 18.9 Å². The number of rotatable bonds is 9. The van der Waals surface area contributed by atoms with Crippen molar-refractivity contribution < 1.29 is 33.3 Å². The Morgan fingerprint density at radius 1 is 0.865 bits per heavy atom. The summed E-state index contributed by atoms with van der Waals surface area (Å²) in [4.78, 5) is 36.9. The molecule has 0 aliphatic heterocycles. The fourth-order valence-corrected chi connectivity index (χ4v) is 3.16. The molecule has 0 spiro atoms. The van der Waals surface area contributed by atoms with E-state index < -0.39 is 17.8 Å². The van der Waals surface area contributed by atoms with Crippen LogP contribution >= 0.6 is 0 Å². The number of hydrogen-bond donors (Lipinski definition) is 1. The highest BCUT2D eigenvalue weighted by Gasteiger charge is 2.15. The van der Waals surface area contributed by atoms with Crippen LogP contribution in [0.2, 0.25) is 0 Å². The van der Waals surface area contributed by atoms with E-state index in [0.717, 1.165) is 0 Å². The van der Waals surface area contributed by atoms with E-state index in [0.29, 0.717) is 28.1 Å². The number of benzene rings is 3. The molecule has 0 fully saturated rings. The van der Waals surface area contributed by atoms with Gasteiger partial charge in [-0.25, -0.2) is 9.59 Å². The van der Waals surface area contributed by atoms with Crippen molar-refractivity contribution in [2.24, 2.45) is 0 Å². The van der Waals surface area contributed by atoms with Crippen molar-refractivity contribution in [2.75, 3.05) is 26.1 Å². The summed E-state index contributed by atoms with van der Waals surface area (Å²) in [6.45, 7) is 1.96. The molecule has 0 aliphatic rings. The lowest BCUT2D eigenvalue weighted by atomic mass is 10.1. The molecule has 0 saturated carbocycles. The maximum atomic E-state index is 12.6. The van der Waals surface area contributed by atoms with Gasteiger partial charge in [0.05, 0.1) is 32.0 Å². The summed E-state index contributed by atoms with van der Waals surface area (Å²) in [5, 5.41) is 12.1. The van der Waals surface area contributed by atoms with Crippen molar-refractivity contribution >= 4 is 29.6 Å². The molecular formula is C28H24N2O7. The van der Waals surface area contributed by atoms with Crippen LogP contribution in [0.5, 0.6) is 17.2 Å². The van der Waals surface area contributed by atoms with Crippen LogP contribution in [-0.4, -0.2) is 38.7 Å². The maximum absolute atomic E-state index is 12.6. The summed E-state index contributed by atoms with van der Waals surface area (Å²) in [5.74, 6) is -0.676. The van der Waals surface area contributed by atoms with Crippen molar-refractivity contribution in [3.8, 4) is 23.3 Å². The number of esters is 2. The zero-order valence-electron chi connectivity index (χ0n) is 20.4. The van der Waals surface area contributed by atoms with Crippen LogP contribution in [0.4, 0.5) is 5.69 Å². The second kappa shape index (κ2) is 12.6. The molecule has 0 saturated heterocycles. The van der Waals surface area contributed by atoms with Crippen molar-refractivity contribution in [3.05, 3.63) is 89.0 Å². The number of anilines is 1. The number of carbonyl (C=O) groups is 3. The fraction of sp³-hybridized carbons (Fsp3) is 0.143. The van der Waals surface area contributed by atoms with Gasteiger partial charge >= 0.3 is 11.9 Å². The first-order chi connectivity index (χ1) is 17.9. The molecular weight excluding hydrogens is 476 g/mol. The Kier molecular flexibility index (Phi) is 9.00. The summed E-state index contributed by atoms with van der Waals surface area (Å²) in [6.07, 6.45) is 1.37. The molecule has 0 unspecified atom stereocenters. The minimum absolute atomic E-state index is 0.167. The van der Waals surface area contributed by atoms with E-state index >= 15 is 0 Å². The molecule has 1 amide bonds. The minimum atomic E-state index is -0.639. The van der Waals surface area contributed by atoms with Crippen molar-refractivity contribution in [1.29, 1.82) is 5.26 Å². The molecule has 0 heterocycles. The van der Waals surface area contributed by atoms with Crippen molar-refractivity contribution in [3.63, 3.8) is 0 Å². The highest BCUT2D eigenvalue weighted by molar-refractivity contribution is 6.09. The van der Waals surface area contributed by atoms with Gasteiger partial charge in [-0.2, -0.15) is 5.26 Å². The van der Waals surface area contributed by atoms with E-state index in [-0.39, 0.29) is 23.7 Å². The zero-order chi connectivity index (χ0) is 26.8. The van der Waals surface area contributed by atoms with Crippen LogP contribution in [0, 0.1) is 11.3 Å². The van der Waals surface area contributed by atoms with Crippen molar-refractivity contribution in [2.45, 2.75) is 6.92 Å². The molecule has 37 heavy (non-hydrogen) atoms. The molecule has 0 bridgehead atoms. The SMILES string of the molecule is CCOC(=O)c1ccc(NC(=O)/C(C#N)=C/c2ccc(OC(=O)c3ccc(OC)cc3)c(OC)c2)cc1. The van der Waals surface area contributed by atoms with Gasteiger partial charge in [-0.1, -0.05) is 6.07 Å². The van der Waals surface area contributed by atoms with Crippen LogP contribution in [0.3, 0.4) is 0 Å². The monoisotopic (exact) mass is 500 g/mol. The normalized spacial score (nSPS) is 10.6.